The van der Waals surface area contributed by atoms with Gasteiger partial charge in [0.25, 0.3) is 5.56 Å². The molecule has 33 heavy (non-hydrogen) atoms. The Bertz CT molecular complexity index is 1110. The van der Waals surface area contributed by atoms with Gasteiger partial charge in [0.1, 0.15) is 5.75 Å². The van der Waals surface area contributed by atoms with Gasteiger partial charge < -0.3 is 14.6 Å². The van der Waals surface area contributed by atoms with Crippen LogP contribution in [0.2, 0.25) is 0 Å². The molecule has 0 amide bonds. The van der Waals surface area contributed by atoms with Crippen LogP contribution in [0.5, 0.6) is 5.75 Å². The van der Waals surface area contributed by atoms with Gasteiger partial charge in [-0.2, -0.15) is 0 Å². The zero-order valence-corrected chi connectivity index (χ0v) is 20.6. The van der Waals surface area contributed by atoms with Crippen molar-refractivity contribution in [2.45, 2.75) is 77.4 Å². The normalized spacial score (nSPS) is 21.9. The molecule has 0 aliphatic heterocycles. The van der Waals surface area contributed by atoms with E-state index in [9.17, 15) is 4.79 Å². The molecule has 1 aliphatic rings. The lowest BCUT2D eigenvalue weighted by Gasteiger charge is -2.49. The van der Waals surface area contributed by atoms with Crippen LogP contribution in [0, 0.1) is 6.92 Å². The summed E-state index contributed by atoms with van der Waals surface area (Å²) in [7, 11) is 0. The van der Waals surface area contributed by atoms with Crippen molar-refractivity contribution in [2.75, 3.05) is 13.1 Å². The summed E-state index contributed by atoms with van der Waals surface area (Å²) in [5, 5.41) is 1.65. The summed E-state index contributed by atoms with van der Waals surface area (Å²) in [6.07, 6.45) is 7.40. The third kappa shape index (κ3) is 4.59. The Kier molecular flexibility index (Phi) is 7.23. The number of aromatic nitrogens is 1. The third-order valence-electron chi connectivity index (χ3n) is 7.81. The SMILES string of the molecule is CC[C@@H](N(CC)CC)C1(c2ccccc2)CCC(Oc2cc3cc[nH]c(=O)c3cc2C)CC1. The lowest BCUT2D eigenvalue weighted by Crippen LogP contribution is -2.53. The summed E-state index contributed by atoms with van der Waals surface area (Å²) in [5.74, 6) is 0.904. The van der Waals surface area contributed by atoms with Gasteiger partial charge in [-0.15, -0.1) is 0 Å². The van der Waals surface area contributed by atoms with E-state index < -0.39 is 0 Å². The van der Waals surface area contributed by atoms with E-state index in [1.54, 1.807) is 6.20 Å². The number of likely N-dealkylation sites (N-methyl/N-ethyl adjacent to an activating group) is 1. The number of benzene rings is 2. The van der Waals surface area contributed by atoms with Crippen LogP contribution in [0.3, 0.4) is 0 Å². The van der Waals surface area contributed by atoms with E-state index in [1.807, 2.05) is 25.1 Å². The maximum Gasteiger partial charge on any atom is 0.255 e. The maximum atomic E-state index is 12.1. The van der Waals surface area contributed by atoms with E-state index in [-0.39, 0.29) is 17.1 Å². The molecule has 3 aromatic rings. The van der Waals surface area contributed by atoms with Crippen LogP contribution >= 0.6 is 0 Å². The highest BCUT2D eigenvalue weighted by atomic mass is 16.5. The molecule has 4 heteroatoms. The molecule has 1 aromatic heterocycles. The van der Waals surface area contributed by atoms with Crippen LogP contribution in [-0.4, -0.2) is 35.1 Å². The number of rotatable bonds is 8. The number of nitrogens with zero attached hydrogens (tertiary/aromatic N) is 1. The zero-order valence-electron chi connectivity index (χ0n) is 20.6. The van der Waals surface area contributed by atoms with Crippen molar-refractivity contribution in [1.82, 2.24) is 9.88 Å². The molecule has 4 nitrogen and oxygen atoms in total. The molecule has 176 valence electrons. The highest BCUT2D eigenvalue weighted by molar-refractivity contribution is 5.83. The van der Waals surface area contributed by atoms with Gasteiger partial charge in [-0.25, -0.2) is 0 Å². The lowest BCUT2D eigenvalue weighted by molar-refractivity contribution is 0.0506. The molecule has 0 bridgehead atoms. The first kappa shape index (κ1) is 23.6. The molecule has 1 N–H and O–H groups in total. The molecule has 1 atom stereocenters. The van der Waals surface area contributed by atoms with Gasteiger partial charge in [0.15, 0.2) is 0 Å². The van der Waals surface area contributed by atoms with Crippen LogP contribution in [0.25, 0.3) is 10.8 Å². The summed E-state index contributed by atoms with van der Waals surface area (Å²) in [6.45, 7) is 11.1. The van der Waals surface area contributed by atoms with Crippen LogP contribution in [0.1, 0.15) is 64.0 Å². The largest absolute Gasteiger partial charge is 0.490 e. The zero-order chi connectivity index (χ0) is 23.4. The van der Waals surface area contributed by atoms with Gasteiger partial charge in [0, 0.05) is 23.0 Å². The van der Waals surface area contributed by atoms with Crippen molar-refractivity contribution in [3.8, 4) is 5.75 Å². The third-order valence-corrected chi connectivity index (χ3v) is 7.81. The van der Waals surface area contributed by atoms with Gasteiger partial charge in [-0.05, 0) is 86.8 Å². The predicted octanol–water partition coefficient (Wildman–Crippen LogP) is 6.22. The molecule has 1 saturated carbocycles. The topological polar surface area (TPSA) is 45.3 Å². The molecule has 0 spiro atoms. The summed E-state index contributed by atoms with van der Waals surface area (Å²) >= 11 is 0. The van der Waals surface area contributed by atoms with Gasteiger partial charge in [0.05, 0.1) is 6.10 Å². The molecule has 0 radical (unpaired) electrons. The standard InChI is InChI=1S/C29H38N2O2/c1-5-27(31(6-2)7-3)29(23-11-9-8-10-12-23)16-13-24(14-17-29)33-26-20-22-15-18-30-28(32)25(22)19-21(26)4/h8-12,15,18-20,24,27H,5-7,13-14,16-17H2,1-4H3,(H,30,32)/t24?,27-,29?/m1/s1. The molecule has 1 aliphatic carbocycles. The smallest absolute Gasteiger partial charge is 0.255 e. The van der Waals surface area contributed by atoms with E-state index in [0.29, 0.717) is 6.04 Å². The van der Waals surface area contributed by atoms with Crippen LogP contribution in [0.15, 0.2) is 59.5 Å². The van der Waals surface area contributed by atoms with E-state index >= 15 is 0 Å². The highest BCUT2D eigenvalue weighted by Gasteiger charge is 2.44. The van der Waals surface area contributed by atoms with Gasteiger partial charge in [0.2, 0.25) is 0 Å². The van der Waals surface area contributed by atoms with E-state index in [4.69, 9.17) is 4.74 Å². The number of hydrogen-bond donors (Lipinski definition) is 1. The number of pyridine rings is 1. The van der Waals surface area contributed by atoms with Crippen molar-refractivity contribution < 1.29 is 4.74 Å². The fourth-order valence-electron chi connectivity index (χ4n) is 6.10. The van der Waals surface area contributed by atoms with Crippen molar-refractivity contribution in [1.29, 1.82) is 0 Å². The van der Waals surface area contributed by atoms with Crippen molar-refractivity contribution in [3.05, 3.63) is 76.2 Å². The van der Waals surface area contributed by atoms with E-state index in [1.165, 1.54) is 5.56 Å². The molecule has 0 unspecified atom stereocenters. The Balaban J connectivity index is 1.59. The number of fused-ring (bicyclic) bond motifs is 1. The fraction of sp³-hybridized carbons (Fsp3) is 0.483. The van der Waals surface area contributed by atoms with Crippen molar-refractivity contribution >= 4 is 10.8 Å². The second-order valence-corrected chi connectivity index (χ2v) is 9.50. The molecule has 2 aromatic carbocycles. The molecular weight excluding hydrogens is 408 g/mol. The number of hydrogen-bond acceptors (Lipinski definition) is 3. The Morgan fingerprint density at radius 1 is 1.06 bits per heavy atom. The minimum absolute atomic E-state index is 0.0468. The van der Waals surface area contributed by atoms with Crippen LogP contribution in [-0.2, 0) is 5.41 Å². The van der Waals surface area contributed by atoms with Crippen molar-refractivity contribution in [2.24, 2.45) is 0 Å². The molecular formula is C29H38N2O2. The van der Waals surface area contributed by atoms with E-state index in [0.717, 1.165) is 67.3 Å². The van der Waals surface area contributed by atoms with Gasteiger partial charge in [-0.1, -0.05) is 51.1 Å². The fourth-order valence-corrected chi connectivity index (χ4v) is 6.10. The number of nitrogens with one attached hydrogen (secondary N) is 1. The second kappa shape index (κ2) is 10.1. The number of aryl methyl sites for hydroxylation is 1. The van der Waals surface area contributed by atoms with Crippen LogP contribution in [0.4, 0.5) is 0 Å². The monoisotopic (exact) mass is 446 g/mol. The minimum Gasteiger partial charge on any atom is -0.490 e. The number of ether oxygens (including phenoxy) is 1. The average molecular weight is 447 g/mol. The average Bonchev–Trinajstić information content (AvgIpc) is 2.85. The summed E-state index contributed by atoms with van der Waals surface area (Å²) in [6, 6.07) is 17.6. The maximum absolute atomic E-state index is 12.1. The quantitative estimate of drug-likeness (QED) is 0.447. The number of aromatic amines is 1. The Hall–Kier alpha value is -2.59. The molecule has 4 rings (SSSR count). The minimum atomic E-state index is -0.0468. The summed E-state index contributed by atoms with van der Waals surface area (Å²) < 4.78 is 6.56. The number of H-pyrrole nitrogens is 1. The summed E-state index contributed by atoms with van der Waals surface area (Å²) in [5.41, 5.74) is 2.61. The second-order valence-electron chi connectivity index (χ2n) is 9.50. The predicted molar refractivity (Wildman–Crippen MR) is 137 cm³/mol. The Morgan fingerprint density at radius 3 is 2.39 bits per heavy atom. The van der Waals surface area contributed by atoms with Crippen LogP contribution < -0.4 is 10.3 Å². The highest BCUT2D eigenvalue weighted by Crippen LogP contribution is 2.46. The molecule has 1 heterocycles. The first-order valence-corrected chi connectivity index (χ1v) is 12.6. The Labute approximate surface area is 198 Å². The lowest BCUT2D eigenvalue weighted by atomic mass is 9.63. The first-order chi connectivity index (χ1) is 16.0. The Morgan fingerprint density at radius 2 is 1.76 bits per heavy atom. The van der Waals surface area contributed by atoms with Gasteiger partial charge in [-0.3, -0.25) is 4.79 Å². The summed E-state index contributed by atoms with van der Waals surface area (Å²) in [4.78, 5) is 17.5. The molecule has 1 fully saturated rings. The van der Waals surface area contributed by atoms with Crippen molar-refractivity contribution in [3.63, 3.8) is 0 Å². The molecule has 0 saturated heterocycles. The van der Waals surface area contributed by atoms with E-state index in [2.05, 4.69) is 61.0 Å². The van der Waals surface area contributed by atoms with Gasteiger partial charge >= 0.3 is 0 Å². The first-order valence-electron chi connectivity index (χ1n) is 12.6.